The van der Waals surface area contributed by atoms with Crippen LogP contribution in [0.1, 0.15) is 34.5 Å². The highest BCUT2D eigenvalue weighted by Crippen LogP contribution is 2.26. The van der Waals surface area contributed by atoms with Crippen molar-refractivity contribution < 1.29 is 4.79 Å². The standard InChI is InChI=1S/C12H12N2O/c1-8-4-3-7-14-12(8)11-9(13-14)5-2-6-10(11)15/h3-4,7H,2,5-6H2,1H3. The van der Waals surface area contributed by atoms with Crippen LogP contribution in [0.25, 0.3) is 5.52 Å². The molecule has 0 aromatic carbocycles. The average Bonchev–Trinajstić information content (AvgIpc) is 2.58. The molecule has 0 fully saturated rings. The van der Waals surface area contributed by atoms with Gasteiger partial charge in [0.2, 0.25) is 0 Å². The van der Waals surface area contributed by atoms with Crippen LogP contribution in [0.3, 0.4) is 0 Å². The van der Waals surface area contributed by atoms with Gasteiger partial charge in [-0.3, -0.25) is 4.79 Å². The van der Waals surface area contributed by atoms with Gasteiger partial charge in [-0.05, 0) is 31.4 Å². The summed E-state index contributed by atoms with van der Waals surface area (Å²) in [5.74, 6) is 0.251. The van der Waals surface area contributed by atoms with Gasteiger partial charge in [0.1, 0.15) is 0 Å². The van der Waals surface area contributed by atoms with E-state index in [0.29, 0.717) is 6.42 Å². The molecule has 3 rings (SSSR count). The molecule has 15 heavy (non-hydrogen) atoms. The van der Waals surface area contributed by atoms with Crippen molar-refractivity contribution in [3.8, 4) is 0 Å². The van der Waals surface area contributed by atoms with E-state index >= 15 is 0 Å². The van der Waals surface area contributed by atoms with Gasteiger partial charge in [-0.1, -0.05) is 6.07 Å². The van der Waals surface area contributed by atoms with Crippen molar-refractivity contribution in [1.82, 2.24) is 9.61 Å². The summed E-state index contributed by atoms with van der Waals surface area (Å²) in [6, 6.07) is 3.99. The number of carbonyl (C=O) groups is 1. The Morgan fingerprint density at radius 3 is 3.13 bits per heavy atom. The van der Waals surface area contributed by atoms with E-state index in [1.807, 2.05) is 29.8 Å². The maximum Gasteiger partial charge on any atom is 0.166 e. The van der Waals surface area contributed by atoms with Crippen molar-refractivity contribution in [2.75, 3.05) is 0 Å². The zero-order valence-electron chi connectivity index (χ0n) is 8.66. The van der Waals surface area contributed by atoms with Crippen molar-refractivity contribution in [3.63, 3.8) is 0 Å². The van der Waals surface area contributed by atoms with Crippen molar-refractivity contribution >= 4 is 11.3 Å². The van der Waals surface area contributed by atoms with E-state index in [1.54, 1.807) is 0 Å². The Labute approximate surface area is 87.7 Å². The lowest BCUT2D eigenvalue weighted by Gasteiger charge is -2.08. The van der Waals surface area contributed by atoms with Crippen molar-refractivity contribution in [2.24, 2.45) is 0 Å². The second-order valence-electron chi connectivity index (χ2n) is 4.08. The number of aryl methyl sites for hydroxylation is 2. The first kappa shape index (κ1) is 8.65. The first-order valence-electron chi connectivity index (χ1n) is 5.27. The molecule has 0 amide bonds. The number of rotatable bonds is 0. The van der Waals surface area contributed by atoms with Crippen LogP contribution in [0, 0.1) is 6.92 Å². The summed E-state index contributed by atoms with van der Waals surface area (Å²) in [5.41, 5.74) is 3.96. The van der Waals surface area contributed by atoms with Crippen molar-refractivity contribution in [2.45, 2.75) is 26.2 Å². The summed E-state index contributed by atoms with van der Waals surface area (Å²) in [4.78, 5) is 11.9. The molecule has 3 heteroatoms. The van der Waals surface area contributed by atoms with Gasteiger partial charge in [-0.15, -0.1) is 0 Å². The minimum Gasteiger partial charge on any atom is -0.294 e. The lowest BCUT2D eigenvalue weighted by atomic mass is 9.94. The number of pyridine rings is 1. The molecule has 2 aromatic rings. The third kappa shape index (κ3) is 1.12. The lowest BCUT2D eigenvalue weighted by molar-refractivity contribution is 0.0974. The second kappa shape index (κ2) is 2.92. The molecule has 0 saturated heterocycles. The van der Waals surface area contributed by atoms with Crippen LogP contribution in [0.2, 0.25) is 0 Å². The molecule has 0 unspecified atom stereocenters. The molecule has 2 aromatic heterocycles. The normalized spacial score (nSPS) is 15.7. The fraction of sp³-hybridized carbons (Fsp3) is 0.333. The summed E-state index contributed by atoms with van der Waals surface area (Å²) >= 11 is 0. The molecule has 76 valence electrons. The minimum absolute atomic E-state index is 0.251. The van der Waals surface area contributed by atoms with Crippen LogP contribution in [0.4, 0.5) is 0 Å². The van der Waals surface area contributed by atoms with Crippen LogP contribution in [0.15, 0.2) is 18.3 Å². The first-order chi connectivity index (χ1) is 7.27. The summed E-state index contributed by atoms with van der Waals surface area (Å²) in [6.45, 7) is 2.03. The van der Waals surface area contributed by atoms with Crippen LogP contribution in [-0.2, 0) is 6.42 Å². The van der Waals surface area contributed by atoms with E-state index in [1.165, 1.54) is 0 Å². The Kier molecular flexibility index (Phi) is 1.69. The van der Waals surface area contributed by atoms with Crippen LogP contribution in [0.5, 0.6) is 0 Å². The molecule has 2 heterocycles. The minimum atomic E-state index is 0.251. The third-order valence-corrected chi connectivity index (χ3v) is 3.03. The van der Waals surface area contributed by atoms with Gasteiger partial charge in [-0.25, -0.2) is 4.52 Å². The summed E-state index contributed by atoms with van der Waals surface area (Å²) < 4.78 is 1.84. The van der Waals surface area contributed by atoms with Crippen LogP contribution < -0.4 is 0 Å². The van der Waals surface area contributed by atoms with E-state index in [0.717, 1.165) is 35.2 Å². The number of carbonyl (C=O) groups excluding carboxylic acids is 1. The maximum atomic E-state index is 11.9. The number of hydrogen-bond donors (Lipinski definition) is 0. The molecular weight excluding hydrogens is 188 g/mol. The smallest absolute Gasteiger partial charge is 0.166 e. The van der Waals surface area contributed by atoms with Gasteiger partial charge in [0.25, 0.3) is 0 Å². The SMILES string of the molecule is Cc1cccn2nc3c(c12)C(=O)CCC3. The van der Waals surface area contributed by atoms with Crippen LogP contribution in [-0.4, -0.2) is 15.4 Å². The molecule has 1 aliphatic rings. The zero-order valence-corrected chi connectivity index (χ0v) is 8.66. The Morgan fingerprint density at radius 1 is 1.40 bits per heavy atom. The molecule has 0 aliphatic heterocycles. The quantitative estimate of drug-likeness (QED) is 0.653. The molecule has 0 spiro atoms. The molecule has 0 atom stereocenters. The molecule has 0 saturated carbocycles. The number of aromatic nitrogens is 2. The largest absolute Gasteiger partial charge is 0.294 e. The number of Topliss-reactive ketones (excluding diaryl/α,β-unsaturated/α-hetero) is 1. The topological polar surface area (TPSA) is 34.4 Å². The van der Waals surface area contributed by atoms with Crippen molar-refractivity contribution in [3.05, 3.63) is 35.2 Å². The maximum absolute atomic E-state index is 11.9. The van der Waals surface area contributed by atoms with Crippen LogP contribution >= 0.6 is 0 Å². The Bertz CT molecular complexity index is 554. The number of ketones is 1. The molecule has 0 N–H and O–H groups in total. The Hall–Kier alpha value is -1.64. The van der Waals surface area contributed by atoms with Gasteiger partial charge >= 0.3 is 0 Å². The highest BCUT2D eigenvalue weighted by atomic mass is 16.1. The average molecular weight is 200 g/mol. The number of nitrogens with zero attached hydrogens (tertiary/aromatic N) is 2. The fourth-order valence-electron chi connectivity index (χ4n) is 2.32. The Morgan fingerprint density at radius 2 is 2.27 bits per heavy atom. The number of hydrogen-bond acceptors (Lipinski definition) is 2. The van der Waals surface area contributed by atoms with Crippen molar-refractivity contribution in [1.29, 1.82) is 0 Å². The van der Waals surface area contributed by atoms with Gasteiger partial charge in [0.15, 0.2) is 5.78 Å². The highest BCUT2D eigenvalue weighted by Gasteiger charge is 2.23. The zero-order chi connectivity index (χ0) is 10.4. The molecule has 1 aliphatic carbocycles. The molecular formula is C12H12N2O. The molecule has 0 bridgehead atoms. The number of fused-ring (bicyclic) bond motifs is 3. The molecule has 0 radical (unpaired) electrons. The summed E-state index contributed by atoms with van der Waals surface area (Å²) in [5, 5.41) is 4.46. The van der Waals surface area contributed by atoms with E-state index < -0.39 is 0 Å². The fourth-order valence-corrected chi connectivity index (χ4v) is 2.32. The second-order valence-corrected chi connectivity index (χ2v) is 4.08. The van der Waals surface area contributed by atoms with E-state index in [9.17, 15) is 4.79 Å². The Balaban J connectivity index is 2.44. The van der Waals surface area contributed by atoms with Gasteiger partial charge in [0.05, 0.1) is 16.8 Å². The van der Waals surface area contributed by atoms with E-state index in [-0.39, 0.29) is 5.78 Å². The predicted molar refractivity (Wildman–Crippen MR) is 57.2 cm³/mol. The van der Waals surface area contributed by atoms with Gasteiger partial charge < -0.3 is 0 Å². The van der Waals surface area contributed by atoms with Gasteiger partial charge in [0, 0.05) is 12.6 Å². The summed E-state index contributed by atoms with van der Waals surface area (Å²) in [7, 11) is 0. The predicted octanol–water partition coefficient (Wildman–Crippen LogP) is 2.16. The van der Waals surface area contributed by atoms with Gasteiger partial charge in [-0.2, -0.15) is 5.10 Å². The third-order valence-electron chi connectivity index (χ3n) is 3.03. The highest BCUT2D eigenvalue weighted by molar-refractivity contribution is 6.04. The monoisotopic (exact) mass is 200 g/mol. The molecule has 3 nitrogen and oxygen atoms in total. The van der Waals surface area contributed by atoms with E-state index in [2.05, 4.69) is 5.10 Å². The first-order valence-corrected chi connectivity index (χ1v) is 5.27. The lowest BCUT2D eigenvalue weighted by Crippen LogP contribution is -2.09. The van der Waals surface area contributed by atoms with E-state index in [4.69, 9.17) is 0 Å². The summed E-state index contributed by atoms with van der Waals surface area (Å²) in [6.07, 6.45) is 4.45.